The molecule has 3 unspecified atom stereocenters. The first kappa shape index (κ1) is 13.3. The zero-order chi connectivity index (χ0) is 13.4. The van der Waals surface area contributed by atoms with Crippen LogP contribution >= 0.6 is 11.8 Å². The number of thioether (sulfide) groups is 1. The van der Waals surface area contributed by atoms with Crippen molar-refractivity contribution in [1.29, 1.82) is 0 Å². The number of nitrogens with one attached hydrogen (secondary N) is 1. The summed E-state index contributed by atoms with van der Waals surface area (Å²) in [6, 6.07) is 0.106. The lowest BCUT2D eigenvalue weighted by Gasteiger charge is -2.33. The van der Waals surface area contributed by atoms with Crippen molar-refractivity contribution < 1.29 is 9.59 Å². The number of hydrogen-bond acceptors (Lipinski definition) is 3. The zero-order valence-corrected chi connectivity index (χ0v) is 12.2. The van der Waals surface area contributed by atoms with E-state index in [-0.39, 0.29) is 17.9 Å². The van der Waals surface area contributed by atoms with Crippen LogP contribution < -0.4 is 5.32 Å². The van der Waals surface area contributed by atoms with Crippen LogP contribution in [0.3, 0.4) is 0 Å². The van der Waals surface area contributed by atoms with Gasteiger partial charge in [0, 0.05) is 24.3 Å². The summed E-state index contributed by atoms with van der Waals surface area (Å²) >= 11 is 1.87. The highest BCUT2D eigenvalue weighted by Gasteiger charge is 2.44. The molecule has 3 aliphatic rings. The molecule has 4 nitrogen and oxygen atoms in total. The lowest BCUT2D eigenvalue weighted by atomic mass is 10.1. The topological polar surface area (TPSA) is 49.4 Å². The standard InChI is InChI=1S/C14H22N2O2S/c1-19-11-4-2-3-10(11)16-8-7-12(17)15-13(14(16)18)9-5-6-9/h9-11,13H,2-8H2,1H3,(H,15,17). The smallest absolute Gasteiger partial charge is 0.245 e. The molecular formula is C14H22N2O2S. The van der Waals surface area contributed by atoms with E-state index in [9.17, 15) is 9.59 Å². The summed E-state index contributed by atoms with van der Waals surface area (Å²) in [6.45, 7) is 0.607. The molecule has 0 bridgehead atoms. The van der Waals surface area contributed by atoms with Crippen LogP contribution in [0.5, 0.6) is 0 Å². The van der Waals surface area contributed by atoms with E-state index in [2.05, 4.69) is 11.6 Å². The first-order chi connectivity index (χ1) is 9.20. The van der Waals surface area contributed by atoms with Gasteiger partial charge in [-0.15, -0.1) is 0 Å². The van der Waals surface area contributed by atoms with E-state index >= 15 is 0 Å². The van der Waals surface area contributed by atoms with Gasteiger partial charge in [0.25, 0.3) is 0 Å². The fourth-order valence-corrected chi connectivity index (χ4v) is 4.43. The molecule has 19 heavy (non-hydrogen) atoms. The minimum atomic E-state index is -0.238. The maximum absolute atomic E-state index is 12.7. The molecule has 0 spiro atoms. The van der Waals surface area contributed by atoms with Crippen LogP contribution in [0.2, 0.25) is 0 Å². The third-order valence-corrected chi connectivity index (χ3v) is 5.81. The van der Waals surface area contributed by atoms with Crippen molar-refractivity contribution in [1.82, 2.24) is 10.2 Å². The molecule has 2 amide bonds. The molecule has 1 aliphatic heterocycles. The second-order valence-corrected chi connectivity index (χ2v) is 7.01. The third-order valence-electron chi connectivity index (χ3n) is 4.66. The van der Waals surface area contributed by atoms with Gasteiger partial charge in [-0.05, 0) is 37.9 Å². The molecule has 3 rings (SSSR count). The van der Waals surface area contributed by atoms with Gasteiger partial charge in [0.15, 0.2) is 0 Å². The van der Waals surface area contributed by atoms with Crippen LogP contribution in [-0.4, -0.2) is 46.8 Å². The van der Waals surface area contributed by atoms with Crippen LogP contribution in [0.25, 0.3) is 0 Å². The quantitative estimate of drug-likeness (QED) is 0.851. The maximum atomic E-state index is 12.7. The molecule has 0 aromatic carbocycles. The van der Waals surface area contributed by atoms with Gasteiger partial charge >= 0.3 is 0 Å². The normalized spacial score (nSPS) is 36.3. The molecule has 3 fully saturated rings. The van der Waals surface area contributed by atoms with Gasteiger partial charge in [0.2, 0.25) is 11.8 Å². The minimum absolute atomic E-state index is 0.0476. The van der Waals surface area contributed by atoms with Gasteiger partial charge in [-0.3, -0.25) is 9.59 Å². The maximum Gasteiger partial charge on any atom is 0.245 e. The Hall–Kier alpha value is -0.710. The van der Waals surface area contributed by atoms with Crippen molar-refractivity contribution >= 4 is 23.6 Å². The van der Waals surface area contributed by atoms with Crippen LogP contribution in [0.1, 0.15) is 38.5 Å². The van der Waals surface area contributed by atoms with Crippen molar-refractivity contribution in [3.8, 4) is 0 Å². The highest BCUT2D eigenvalue weighted by Crippen LogP contribution is 2.37. The Labute approximate surface area is 118 Å². The van der Waals surface area contributed by atoms with Gasteiger partial charge < -0.3 is 10.2 Å². The van der Waals surface area contributed by atoms with Gasteiger partial charge in [-0.2, -0.15) is 11.8 Å². The molecule has 2 saturated carbocycles. The van der Waals surface area contributed by atoms with Gasteiger partial charge in [0.05, 0.1) is 0 Å². The Morgan fingerprint density at radius 2 is 2.00 bits per heavy atom. The average molecular weight is 282 g/mol. The second kappa shape index (κ2) is 5.35. The molecule has 3 atom stereocenters. The molecule has 106 valence electrons. The number of carbonyl (C=O) groups excluding carboxylic acids is 2. The molecule has 1 N–H and O–H groups in total. The SMILES string of the molecule is CSC1CCCC1N1CCC(=O)NC(C2CC2)C1=O. The first-order valence-corrected chi connectivity index (χ1v) is 8.62. The molecule has 1 saturated heterocycles. The van der Waals surface area contributed by atoms with E-state index in [0.717, 1.165) is 19.3 Å². The molecule has 1 heterocycles. The highest BCUT2D eigenvalue weighted by molar-refractivity contribution is 7.99. The molecule has 0 aromatic heterocycles. The summed E-state index contributed by atoms with van der Waals surface area (Å²) in [5.74, 6) is 0.622. The summed E-state index contributed by atoms with van der Waals surface area (Å²) in [7, 11) is 0. The molecule has 2 aliphatic carbocycles. The Morgan fingerprint density at radius 3 is 2.68 bits per heavy atom. The lowest BCUT2D eigenvalue weighted by molar-refractivity contribution is -0.136. The summed E-state index contributed by atoms with van der Waals surface area (Å²) in [5, 5.41) is 3.49. The summed E-state index contributed by atoms with van der Waals surface area (Å²) in [4.78, 5) is 26.5. The van der Waals surface area contributed by atoms with Crippen LogP contribution in [0.15, 0.2) is 0 Å². The highest BCUT2D eigenvalue weighted by atomic mass is 32.2. The van der Waals surface area contributed by atoms with Gasteiger partial charge in [-0.25, -0.2) is 0 Å². The summed E-state index contributed by atoms with van der Waals surface area (Å²) < 4.78 is 0. The Morgan fingerprint density at radius 1 is 1.21 bits per heavy atom. The third kappa shape index (κ3) is 2.62. The monoisotopic (exact) mass is 282 g/mol. The molecule has 0 radical (unpaired) electrons. The zero-order valence-electron chi connectivity index (χ0n) is 11.4. The van der Waals surface area contributed by atoms with Gasteiger partial charge in [-0.1, -0.05) is 6.42 Å². The van der Waals surface area contributed by atoms with Gasteiger partial charge in [0.1, 0.15) is 6.04 Å². The Bertz CT molecular complexity index is 384. The predicted octanol–water partition coefficient (Wildman–Crippen LogP) is 1.40. The average Bonchev–Trinajstić information content (AvgIpc) is 3.15. The van der Waals surface area contributed by atoms with Crippen molar-refractivity contribution in [2.75, 3.05) is 12.8 Å². The largest absolute Gasteiger partial charge is 0.344 e. The van der Waals surface area contributed by atoms with Crippen LogP contribution in [0.4, 0.5) is 0 Å². The van der Waals surface area contributed by atoms with E-state index in [0.29, 0.717) is 30.2 Å². The predicted molar refractivity (Wildman–Crippen MR) is 75.9 cm³/mol. The van der Waals surface area contributed by atoms with Crippen molar-refractivity contribution in [3.63, 3.8) is 0 Å². The summed E-state index contributed by atoms with van der Waals surface area (Å²) in [6.07, 6.45) is 8.27. The van der Waals surface area contributed by atoms with Crippen molar-refractivity contribution in [2.24, 2.45) is 5.92 Å². The number of hydrogen-bond donors (Lipinski definition) is 1. The van der Waals surface area contributed by atoms with Crippen molar-refractivity contribution in [2.45, 2.75) is 55.9 Å². The number of nitrogens with zero attached hydrogens (tertiary/aromatic N) is 1. The number of rotatable bonds is 3. The molecular weight excluding hydrogens is 260 g/mol. The second-order valence-electron chi connectivity index (χ2n) is 5.94. The van der Waals surface area contributed by atoms with Crippen LogP contribution in [-0.2, 0) is 9.59 Å². The summed E-state index contributed by atoms with van der Waals surface area (Å²) in [5.41, 5.74) is 0. The van der Waals surface area contributed by atoms with E-state index in [1.807, 2.05) is 16.7 Å². The van der Waals surface area contributed by atoms with E-state index in [4.69, 9.17) is 0 Å². The number of amides is 2. The van der Waals surface area contributed by atoms with E-state index in [1.165, 1.54) is 12.8 Å². The van der Waals surface area contributed by atoms with E-state index in [1.54, 1.807) is 0 Å². The molecule has 0 aromatic rings. The minimum Gasteiger partial charge on any atom is -0.344 e. The molecule has 5 heteroatoms. The van der Waals surface area contributed by atoms with Crippen LogP contribution in [0, 0.1) is 5.92 Å². The fourth-order valence-electron chi connectivity index (χ4n) is 3.43. The fraction of sp³-hybridized carbons (Fsp3) is 0.857. The Kier molecular flexibility index (Phi) is 3.74. The number of carbonyl (C=O) groups is 2. The van der Waals surface area contributed by atoms with Crippen molar-refractivity contribution in [3.05, 3.63) is 0 Å². The van der Waals surface area contributed by atoms with E-state index < -0.39 is 0 Å². The lowest BCUT2D eigenvalue weighted by Crippen LogP contribution is -2.51. The Balaban J connectivity index is 1.78. The first-order valence-electron chi connectivity index (χ1n) is 7.33.